The van der Waals surface area contributed by atoms with Crippen LogP contribution in [0.2, 0.25) is 0 Å². The zero-order valence-corrected chi connectivity index (χ0v) is 9.42. The van der Waals surface area contributed by atoms with Gasteiger partial charge in [-0.2, -0.15) is 0 Å². The molecule has 0 aliphatic heterocycles. The standard InChI is InChI=1S/C12H13FN2O2/c1-3-6-14-8-12(16)15-11-7-9(17-2)4-5-10(11)13/h1,4-5,7,14H,6,8H2,2H3,(H,15,16). The van der Waals surface area contributed by atoms with Gasteiger partial charge in [0.15, 0.2) is 0 Å². The molecule has 0 atom stereocenters. The van der Waals surface area contributed by atoms with Crippen molar-refractivity contribution in [1.82, 2.24) is 5.32 Å². The van der Waals surface area contributed by atoms with E-state index >= 15 is 0 Å². The first kappa shape index (κ1) is 13.0. The summed E-state index contributed by atoms with van der Waals surface area (Å²) in [5, 5.41) is 5.12. The fourth-order valence-corrected chi connectivity index (χ4v) is 1.17. The minimum absolute atomic E-state index is 0.0286. The van der Waals surface area contributed by atoms with Crippen LogP contribution < -0.4 is 15.4 Å². The molecule has 0 saturated carbocycles. The van der Waals surface area contributed by atoms with Crippen LogP contribution in [0.15, 0.2) is 18.2 Å². The van der Waals surface area contributed by atoms with Gasteiger partial charge in [-0.1, -0.05) is 5.92 Å². The first-order valence-electron chi connectivity index (χ1n) is 4.95. The van der Waals surface area contributed by atoms with Gasteiger partial charge in [-0.25, -0.2) is 4.39 Å². The SMILES string of the molecule is C#CCNCC(=O)Nc1cc(OC)ccc1F. The van der Waals surface area contributed by atoms with Crippen molar-refractivity contribution in [2.45, 2.75) is 0 Å². The van der Waals surface area contributed by atoms with Gasteiger partial charge in [-0.3, -0.25) is 10.1 Å². The van der Waals surface area contributed by atoms with Crippen LogP contribution in [-0.4, -0.2) is 26.1 Å². The largest absolute Gasteiger partial charge is 0.497 e. The molecule has 0 aliphatic carbocycles. The van der Waals surface area contributed by atoms with Crippen LogP contribution in [0.1, 0.15) is 0 Å². The van der Waals surface area contributed by atoms with Crippen LogP contribution in [0.3, 0.4) is 0 Å². The molecular weight excluding hydrogens is 223 g/mol. The van der Waals surface area contributed by atoms with Gasteiger partial charge in [0.25, 0.3) is 0 Å². The maximum atomic E-state index is 13.3. The smallest absolute Gasteiger partial charge is 0.238 e. The first-order valence-corrected chi connectivity index (χ1v) is 4.95. The summed E-state index contributed by atoms with van der Waals surface area (Å²) in [4.78, 5) is 11.4. The Morgan fingerprint density at radius 1 is 1.59 bits per heavy atom. The topological polar surface area (TPSA) is 50.4 Å². The van der Waals surface area contributed by atoms with Gasteiger partial charge in [0.1, 0.15) is 11.6 Å². The van der Waals surface area contributed by atoms with E-state index < -0.39 is 5.82 Å². The van der Waals surface area contributed by atoms with Crippen molar-refractivity contribution in [2.24, 2.45) is 0 Å². The van der Waals surface area contributed by atoms with Gasteiger partial charge in [0.05, 0.1) is 25.9 Å². The van der Waals surface area contributed by atoms with Crippen molar-refractivity contribution in [3.63, 3.8) is 0 Å². The van der Waals surface area contributed by atoms with Crippen molar-refractivity contribution in [2.75, 3.05) is 25.5 Å². The number of carbonyl (C=O) groups is 1. The number of amides is 1. The zero-order chi connectivity index (χ0) is 12.7. The number of nitrogens with one attached hydrogen (secondary N) is 2. The molecule has 0 spiro atoms. The Hall–Kier alpha value is -2.06. The van der Waals surface area contributed by atoms with Crippen LogP contribution >= 0.6 is 0 Å². The molecule has 1 aromatic carbocycles. The molecule has 1 rings (SSSR count). The molecular formula is C12H13FN2O2. The van der Waals surface area contributed by atoms with Crippen LogP contribution in [0, 0.1) is 18.2 Å². The molecule has 0 radical (unpaired) electrons. The van der Waals surface area contributed by atoms with E-state index in [1.54, 1.807) is 0 Å². The Morgan fingerprint density at radius 2 is 2.35 bits per heavy atom. The number of hydrogen-bond acceptors (Lipinski definition) is 3. The number of ether oxygens (including phenoxy) is 1. The van der Waals surface area contributed by atoms with E-state index in [2.05, 4.69) is 16.6 Å². The van der Waals surface area contributed by atoms with Crippen molar-refractivity contribution < 1.29 is 13.9 Å². The Bertz CT molecular complexity index is 441. The van der Waals surface area contributed by atoms with Crippen LogP contribution in [0.4, 0.5) is 10.1 Å². The number of anilines is 1. The van der Waals surface area contributed by atoms with E-state index in [-0.39, 0.29) is 24.7 Å². The van der Waals surface area contributed by atoms with E-state index in [1.807, 2.05) is 0 Å². The highest BCUT2D eigenvalue weighted by Gasteiger charge is 2.07. The number of hydrogen-bond donors (Lipinski definition) is 2. The summed E-state index contributed by atoms with van der Waals surface area (Å²) in [7, 11) is 1.47. The Morgan fingerprint density at radius 3 is 3.00 bits per heavy atom. The average Bonchev–Trinajstić information content (AvgIpc) is 2.32. The molecule has 5 heteroatoms. The van der Waals surface area contributed by atoms with E-state index in [9.17, 15) is 9.18 Å². The summed E-state index contributed by atoms with van der Waals surface area (Å²) in [6.07, 6.45) is 5.01. The summed E-state index contributed by atoms with van der Waals surface area (Å²) in [6, 6.07) is 4.11. The third-order valence-electron chi connectivity index (χ3n) is 1.96. The monoisotopic (exact) mass is 236 g/mol. The van der Waals surface area contributed by atoms with Crippen molar-refractivity contribution in [3.8, 4) is 18.1 Å². The molecule has 0 heterocycles. The molecule has 90 valence electrons. The van der Waals surface area contributed by atoms with Gasteiger partial charge < -0.3 is 10.1 Å². The molecule has 0 bridgehead atoms. The van der Waals surface area contributed by atoms with Gasteiger partial charge >= 0.3 is 0 Å². The summed E-state index contributed by atoms with van der Waals surface area (Å²) in [5.74, 6) is 1.92. The quantitative estimate of drug-likeness (QED) is 0.592. The summed E-state index contributed by atoms with van der Waals surface area (Å²) in [5.41, 5.74) is 0.0804. The highest BCUT2D eigenvalue weighted by molar-refractivity contribution is 5.92. The lowest BCUT2D eigenvalue weighted by Crippen LogP contribution is -2.28. The predicted octanol–water partition coefficient (Wildman–Crippen LogP) is 0.996. The molecule has 0 aliphatic rings. The van der Waals surface area contributed by atoms with E-state index in [0.29, 0.717) is 5.75 Å². The molecule has 17 heavy (non-hydrogen) atoms. The lowest BCUT2D eigenvalue weighted by molar-refractivity contribution is -0.115. The normalized spacial score (nSPS) is 9.47. The maximum Gasteiger partial charge on any atom is 0.238 e. The number of methoxy groups -OCH3 is 1. The molecule has 0 aromatic heterocycles. The van der Waals surface area contributed by atoms with Gasteiger partial charge in [0.2, 0.25) is 5.91 Å². The van der Waals surface area contributed by atoms with E-state index in [0.717, 1.165) is 0 Å². The molecule has 0 fully saturated rings. The third-order valence-corrected chi connectivity index (χ3v) is 1.96. The number of carbonyl (C=O) groups excluding carboxylic acids is 1. The van der Waals surface area contributed by atoms with E-state index in [4.69, 9.17) is 11.2 Å². The average molecular weight is 236 g/mol. The lowest BCUT2D eigenvalue weighted by Gasteiger charge is -2.08. The maximum absolute atomic E-state index is 13.3. The van der Waals surface area contributed by atoms with Gasteiger partial charge in [-0.05, 0) is 12.1 Å². The number of benzene rings is 1. The van der Waals surface area contributed by atoms with Crippen molar-refractivity contribution in [3.05, 3.63) is 24.0 Å². The predicted molar refractivity (Wildman–Crippen MR) is 63.3 cm³/mol. The minimum atomic E-state index is -0.518. The molecule has 4 nitrogen and oxygen atoms in total. The van der Waals surface area contributed by atoms with Crippen LogP contribution in [0.5, 0.6) is 5.75 Å². The second-order valence-corrected chi connectivity index (χ2v) is 3.20. The molecule has 1 amide bonds. The second kappa shape index (κ2) is 6.51. The van der Waals surface area contributed by atoms with Crippen molar-refractivity contribution in [1.29, 1.82) is 0 Å². The fourth-order valence-electron chi connectivity index (χ4n) is 1.17. The van der Waals surface area contributed by atoms with Crippen LogP contribution in [0.25, 0.3) is 0 Å². The first-order chi connectivity index (χ1) is 8.17. The minimum Gasteiger partial charge on any atom is -0.497 e. The summed E-state index contributed by atoms with van der Waals surface area (Å²) >= 11 is 0. The summed E-state index contributed by atoms with van der Waals surface area (Å²) in [6.45, 7) is 0.314. The molecule has 2 N–H and O–H groups in total. The molecule has 1 aromatic rings. The Kier molecular flexibility index (Phi) is 4.98. The Labute approximate surface area is 99.2 Å². The number of rotatable bonds is 5. The van der Waals surface area contributed by atoms with Crippen molar-refractivity contribution >= 4 is 11.6 Å². The third kappa shape index (κ3) is 4.13. The number of terminal acetylenes is 1. The van der Waals surface area contributed by atoms with Gasteiger partial charge in [-0.15, -0.1) is 6.42 Å². The fraction of sp³-hybridized carbons (Fsp3) is 0.250. The van der Waals surface area contributed by atoms with E-state index in [1.165, 1.54) is 25.3 Å². The Balaban J connectivity index is 2.61. The highest BCUT2D eigenvalue weighted by atomic mass is 19.1. The number of halogens is 1. The summed E-state index contributed by atoms with van der Waals surface area (Å²) < 4.78 is 18.3. The zero-order valence-electron chi connectivity index (χ0n) is 9.42. The van der Waals surface area contributed by atoms with Gasteiger partial charge in [0, 0.05) is 6.07 Å². The molecule has 0 unspecified atom stereocenters. The van der Waals surface area contributed by atoms with Crippen LogP contribution in [-0.2, 0) is 4.79 Å². The lowest BCUT2D eigenvalue weighted by atomic mass is 10.3. The molecule has 0 saturated heterocycles. The highest BCUT2D eigenvalue weighted by Crippen LogP contribution is 2.20. The second-order valence-electron chi connectivity index (χ2n) is 3.20.